The third-order valence-corrected chi connectivity index (χ3v) is 1.86. The van der Waals surface area contributed by atoms with Gasteiger partial charge in [-0.25, -0.2) is 4.79 Å². The van der Waals surface area contributed by atoms with Crippen molar-refractivity contribution in [2.45, 2.75) is 13.0 Å². The van der Waals surface area contributed by atoms with E-state index in [0.717, 1.165) is 0 Å². The molecule has 0 amide bonds. The SMILES string of the molecule is CC1C=CC=C(C(=O)O)[C@H]1N. The highest BCUT2D eigenvalue weighted by Gasteiger charge is 2.22. The minimum Gasteiger partial charge on any atom is -0.478 e. The fourth-order valence-electron chi connectivity index (χ4n) is 1.06. The van der Waals surface area contributed by atoms with Crippen LogP contribution in [0.5, 0.6) is 0 Å². The van der Waals surface area contributed by atoms with Crippen LogP contribution in [0.3, 0.4) is 0 Å². The second-order valence-corrected chi connectivity index (χ2v) is 2.70. The second kappa shape index (κ2) is 2.88. The molecule has 11 heavy (non-hydrogen) atoms. The summed E-state index contributed by atoms with van der Waals surface area (Å²) in [6, 6.07) is -0.363. The summed E-state index contributed by atoms with van der Waals surface area (Å²) in [7, 11) is 0. The summed E-state index contributed by atoms with van der Waals surface area (Å²) in [5, 5.41) is 8.64. The molecule has 2 atom stereocenters. The molecule has 0 aromatic carbocycles. The highest BCUT2D eigenvalue weighted by Crippen LogP contribution is 2.16. The van der Waals surface area contributed by atoms with E-state index in [4.69, 9.17) is 10.8 Å². The van der Waals surface area contributed by atoms with Crippen molar-refractivity contribution in [3.8, 4) is 0 Å². The van der Waals surface area contributed by atoms with Crippen LogP contribution >= 0.6 is 0 Å². The maximum absolute atomic E-state index is 10.5. The van der Waals surface area contributed by atoms with E-state index >= 15 is 0 Å². The van der Waals surface area contributed by atoms with Gasteiger partial charge in [0.1, 0.15) is 0 Å². The minimum atomic E-state index is -0.922. The molecule has 0 aliphatic heterocycles. The number of nitrogens with two attached hydrogens (primary N) is 1. The average Bonchev–Trinajstić information content (AvgIpc) is 1.94. The third-order valence-electron chi connectivity index (χ3n) is 1.86. The highest BCUT2D eigenvalue weighted by atomic mass is 16.4. The first-order valence-corrected chi connectivity index (χ1v) is 3.50. The van der Waals surface area contributed by atoms with Crippen LogP contribution in [0.25, 0.3) is 0 Å². The predicted octanol–water partition coefficient (Wildman–Crippen LogP) is 0.531. The Balaban J connectivity index is 2.87. The molecule has 0 saturated heterocycles. The van der Waals surface area contributed by atoms with E-state index in [0.29, 0.717) is 5.57 Å². The fraction of sp³-hybridized carbons (Fsp3) is 0.375. The highest BCUT2D eigenvalue weighted by molar-refractivity contribution is 5.88. The van der Waals surface area contributed by atoms with Crippen molar-refractivity contribution in [1.82, 2.24) is 0 Å². The predicted molar refractivity (Wildman–Crippen MR) is 42.0 cm³/mol. The monoisotopic (exact) mass is 153 g/mol. The number of rotatable bonds is 1. The number of carboxylic acid groups (broad SMARTS) is 1. The molecular weight excluding hydrogens is 142 g/mol. The van der Waals surface area contributed by atoms with E-state index in [1.807, 2.05) is 13.0 Å². The van der Waals surface area contributed by atoms with Crippen molar-refractivity contribution in [2.75, 3.05) is 0 Å². The van der Waals surface area contributed by atoms with Gasteiger partial charge in [0.2, 0.25) is 0 Å². The minimum absolute atomic E-state index is 0.117. The summed E-state index contributed by atoms with van der Waals surface area (Å²) in [6.45, 7) is 1.90. The first-order valence-electron chi connectivity index (χ1n) is 3.50. The summed E-state index contributed by atoms with van der Waals surface area (Å²) in [5.74, 6) is -0.806. The van der Waals surface area contributed by atoms with E-state index in [1.165, 1.54) is 0 Å². The van der Waals surface area contributed by atoms with E-state index in [9.17, 15) is 4.79 Å². The standard InChI is InChI=1S/C8H11NO2/c1-5-3-2-4-6(7(5)9)8(10)11/h2-5,7H,9H2,1H3,(H,10,11)/t5?,7-/m0/s1. The average molecular weight is 153 g/mol. The molecule has 0 radical (unpaired) electrons. The molecule has 1 aliphatic carbocycles. The third kappa shape index (κ3) is 1.49. The Morgan fingerprint density at radius 2 is 2.36 bits per heavy atom. The van der Waals surface area contributed by atoms with Crippen LogP contribution in [-0.4, -0.2) is 17.1 Å². The summed E-state index contributed by atoms with van der Waals surface area (Å²) in [4.78, 5) is 10.5. The molecule has 0 aromatic rings. The van der Waals surface area contributed by atoms with Gasteiger partial charge < -0.3 is 10.8 Å². The largest absolute Gasteiger partial charge is 0.478 e. The number of carboxylic acids is 1. The molecule has 1 unspecified atom stereocenters. The summed E-state index contributed by atoms with van der Waals surface area (Å²) in [6.07, 6.45) is 5.18. The van der Waals surface area contributed by atoms with Crippen LogP contribution < -0.4 is 5.73 Å². The Hall–Kier alpha value is -1.09. The summed E-state index contributed by atoms with van der Waals surface area (Å²) < 4.78 is 0. The van der Waals surface area contributed by atoms with Crippen molar-refractivity contribution in [1.29, 1.82) is 0 Å². The lowest BCUT2D eigenvalue weighted by atomic mass is 9.91. The van der Waals surface area contributed by atoms with Crippen molar-refractivity contribution < 1.29 is 9.90 Å². The molecular formula is C8H11NO2. The van der Waals surface area contributed by atoms with Crippen LogP contribution in [0.15, 0.2) is 23.8 Å². The van der Waals surface area contributed by atoms with Gasteiger partial charge >= 0.3 is 5.97 Å². The zero-order valence-corrected chi connectivity index (χ0v) is 6.32. The topological polar surface area (TPSA) is 63.3 Å². The Morgan fingerprint density at radius 1 is 1.73 bits per heavy atom. The normalized spacial score (nSPS) is 29.8. The first-order chi connectivity index (χ1) is 5.13. The molecule has 60 valence electrons. The van der Waals surface area contributed by atoms with Gasteiger partial charge in [0.25, 0.3) is 0 Å². The van der Waals surface area contributed by atoms with Gasteiger partial charge in [0.05, 0.1) is 5.57 Å². The van der Waals surface area contributed by atoms with Gasteiger partial charge in [-0.05, 0) is 5.92 Å². The fourth-order valence-corrected chi connectivity index (χ4v) is 1.06. The zero-order valence-electron chi connectivity index (χ0n) is 6.32. The van der Waals surface area contributed by atoms with Gasteiger partial charge in [-0.15, -0.1) is 0 Å². The van der Waals surface area contributed by atoms with Crippen LogP contribution in [0, 0.1) is 5.92 Å². The molecule has 3 N–H and O–H groups in total. The van der Waals surface area contributed by atoms with Crippen molar-refractivity contribution in [3.63, 3.8) is 0 Å². The van der Waals surface area contributed by atoms with E-state index in [2.05, 4.69) is 0 Å². The maximum Gasteiger partial charge on any atom is 0.333 e. The second-order valence-electron chi connectivity index (χ2n) is 2.70. The molecule has 0 saturated carbocycles. The molecule has 0 spiro atoms. The molecule has 0 fully saturated rings. The van der Waals surface area contributed by atoms with Crippen LogP contribution in [0.1, 0.15) is 6.92 Å². The van der Waals surface area contributed by atoms with Crippen LogP contribution in [-0.2, 0) is 4.79 Å². The number of allylic oxidation sites excluding steroid dienone is 2. The van der Waals surface area contributed by atoms with Crippen molar-refractivity contribution in [2.24, 2.45) is 11.7 Å². The van der Waals surface area contributed by atoms with Crippen molar-refractivity contribution in [3.05, 3.63) is 23.8 Å². The molecule has 1 aliphatic rings. The first kappa shape index (κ1) is 8.01. The van der Waals surface area contributed by atoms with Crippen LogP contribution in [0.4, 0.5) is 0 Å². The number of hydrogen-bond donors (Lipinski definition) is 2. The molecule has 3 heteroatoms. The van der Waals surface area contributed by atoms with Crippen molar-refractivity contribution >= 4 is 5.97 Å². The van der Waals surface area contributed by atoms with Crippen LogP contribution in [0.2, 0.25) is 0 Å². The Kier molecular flexibility index (Phi) is 2.10. The van der Waals surface area contributed by atoms with Gasteiger partial charge in [-0.1, -0.05) is 25.2 Å². The molecule has 0 aromatic heterocycles. The van der Waals surface area contributed by atoms with E-state index in [-0.39, 0.29) is 12.0 Å². The lowest BCUT2D eigenvalue weighted by Crippen LogP contribution is -2.34. The van der Waals surface area contributed by atoms with E-state index in [1.54, 1.807) is 12.2 Å². The lowest BCUT2D eigenvalue weighted by molar-refractivity contribution is -0.133. The molecule has 0 bridgehead atoms. The Labute approximate surface area is 65.2 Å². The zero-order chi connectivity index (χ0) is 8.43. The Bertz CT molecular complexity index is 230. The van der Waals surface area contributed by atoms with Gasteiger partial charge in [0, 0.05) is 6.04 Å². The van der Waals surface area contributed by atoms with Gasteiger partial charge in [-0.2, -0.15) is 0 Å². The number of carbonyl (C=O) groups is 1. The van der Waals surface area contributed by atoms with E-state index < -0.39 is 5.97 Å². The quantitative estimate of drug-likeness (QED) is 0.577. The summed E-state index contributed by atoms with van der Waals surface area (Å²) >= 11 is 0. The van der Waals surface area contributed by atoms with Gasteiger partial charge in [0.15, 0.2) is 0 Å². The molecule has 0 heterocycles. The Morgan fingerprint density at radius 3 is 2.82 bits per heavy atom. The maximum atomic E-state index is 10.5. The number of aliphatic carboxylic acids is 1. The van der Waals surface area contributed by atoms with Gasteiger partial charge in [-0.3, -0.25) is 0 Å². The summed E-state index contributed by atoms with van der Waals surface area (Å²) in [5.41, 5.74) is 5.91. The lowest BCUT2D eigenvalue weighted by Gasteiger charge is -2.19. The molecule has 3 nitrogen and oxygen atoms in total. The number of hydrogen-bond acceptors (Lipinski definition) is 2. The molecule has 1 rings (SSSR count). The smallest absolute Gasteiger partial charge is 0.333 e.